The largest absolute Gasteiger partial charge is 0.342 e. The van der Waals surface area contributed by atoms with Gasteiger partial charge in [0.15, 0.2) is 0 Å². The van der Waals surface area contributed by atoms with Gasteiger partial charge in [0.25, 0.3) is 0 Å². The van der Waals surface area contributed by atoms with Gasteiger partial charge in [-0.25, -0.2) is 4.98 Å². The average molecular weight is 358 g/mol. The summed E-state index contributed by atoms with van der Waals surface area (Å²) in [5.74, 6) is 1.04. The SMILES string of the molecule is CC(C)(C)c1nc2ccc(CC(C)(C)c3ccc4cccnc4c3)cc2[nH]1. The minimum absolute atomic E-state index is 0.0201. The van der Waals surface area contributed by atoms with Crippen LogP contribution in [0.15, 0.2) is 54.7 Å². The van der Waals surface area contributed by atoms with Gasteiger partial charge in [-0.1, -0.05) is 58.9 Å². The van der Waals surface area contributed by atoms with Crippen molar-refractivity contribution in [2.24, 2.45) is 0 Å². The van der Waals surface area contributed by atoms with Crippen LogP contribution in [0.2, 0.25) is 0 Å². The van der Waals surface area contributed by atoms with E-state index in [1.807, 2.05) is 12.3 Å². The Morgan fingerprint density at radius 3 is 2.48 bits per heavy atom. The Morgan fingerprint density at radius 1 is 0.889 bits per heavy atom. The van der Waals surface area contributed by atoms with Crippen LogP contribution in [-0.4, -0.2) is 15.0 Å². The molecule has 1 N–H and O–H groups in total. The summed E-state index contributed by atoms with van der Waals surface area (Å²) in [5.41, 5.74) is 5.89. The van der Waals surface area contributed by atoms with Gasteiger partial charge in [-0.15, -0.1) is 0 Å². The van der Waals surface area contributed by atoms with Gasteiger partial charge >= 0.3 is 0 Å². The van der Waals surface area contributed by atoms with E-state index in [0.717, 1.165) is 28.8 Å². The molecule has 0 aliphatic carbocycles. The number of benzene rings is 2. The highest BCUT2D eigenvalue weighted by Crippen LogP contribution is 2.31. The maximum Gasteiger partial charge on any atom is 0.112 e. The van der Waals surface area contributed by atoms with Crippen LogP contribution in [0, 0.1) is 0 Å². The van der Waals surface area contributed by atoms with Gasteiger partial charge in [-0.3, -0.25) is 4.98 Å². The van der Waals surface area contributed by atoms with Gasteiger partial charge in [-0.05, 0) is 47.2 Å². The highest BCUT2D eigenvalue weighted by Gasteiger charge is 2.23. The van der Waals surface area contributed by atoms with Crippen LogP contribution < -0.4 is 0 Å². The molecular weight excluding hydrogens is 330 g/mol. The first kappa shape index (κ1) is 17.7. The number of nitrogens with one attached hydrogen (secondary N) is 1. The predicted octanol–water partition coefficient (Wildman–Crippen LogP) is 5.93. The molecule has 0 radical (unpaired) electrons. The van der Waals surface area contributed by atoms with E-state index in [2.05, 4.69) is 87.1 Å². The molecule has 4 rings (SSSR count). The quantitative estimate of drug-likeness (QED) is 0.494. The molecule has 0 bridgehead atoms. The lowest BCUT2D eigenvalue weighted by Gasteiger charge is -2.26. The van der Waals surface area contributed by atoms with Gasteiger partial charge < -0.3 is 4.98 Å². The average Bonchev–Trinajstić information content (AvgIpc) is 3.05. The van der Waals surface area contributed by atoms with Gasteiger partial charge in [-0.2, -0.15) is 0 Å². The molecule has 2 heterocycles. The van der Waals surface area contributed by atoms with E-state index in [1.54, 1.807) is 0 Å². The number of nitrogens with zero attached hydrogens (tertiary/aromatic N) is 2. The number of pyridine rings is 1. The fraction of sp³-hybridized carbons (Fsp3) is 0.333. The summed E-state index contributed by atoms with van der Waals surface area (Å²) in [6.07, 6.45) is 2.82. The number of fused-ring (bicyclic) bond motifs is 2. The number of rotatable bonds is 3. The third kappa shape index (κ3) is 3.46. The normalized spacial score (nSPS) is 12.8. The topological polar surface area (TPSA) is 41.6 Å². The smallest absolute Gasteiger partial charge is 0.112 e. The Hall–Kier alpha value is -2.68. The van der Waals surface area contributed by atoms with Crippen LogP contribution in [0.1, 0.15) is 51.6 Å². The third-order valence-electron chi connectivity index (χ3n) is 5.29. The summed E-state index contributed by atoms with van der Waals surface area (Å²) < 4.78 is 0. The van der Waals surface area contributed by atoms with Crippen molar-refractivity contribution in [1.82, 2.24) is 15.0 Å². The monoisotopic (exact) mass is 357 g/mol. The maximum absolute atomic E-state index is 4.75. The van der Waals surface area contributed by atoms with Gasteiger partial charge in [0, 0.05) is 17.0 Å². The van der Waals surface area contributed by atoms with Crippen molar-refractivity contribution in [3.8, 4) is 0 Å². The van der Waals surface area contributed by atoms with E-state index in [-0.39, 0.29) is 10.8 Å². The molecule has 3 heteroatoms. The molecule has 0 saturated carbocycles. The summed E-state index contributed by atoms with van der Waals surface area (Å²) >= 11 is 0. The molecule has 3 nitrogen and oxygen atoms in total. The van der Waals surface area contributed by atoms with E-state index in [1.165, 1.54) is 16.5 Å². The first-order valence-corrected chi connectivity index (χ1v) is 9.57. The zero-order valence-electron chi connectivity index (χ0n) is 16.8. The molecular formula is C24H27N3. The van der Waals surface area contributed by atoms with Crippen molar-refractivity contribution < 1.29 is 0 Å². The molecule has 0 atom stereocenters. The number of aromatic nitrogens is 3. The number of hydrogen-bond donors (Lipinski definition) is 1. The van der Waals surface area contributed by atoms with Crippen LogP contribution in [0.5, 0.6) is 0 Å². The second-order valence-electron chi connectivity index (χ2n) is 9.16. The Labute approximate surface area is 160 Å². The first-order valence-electron chi connectivity index (χ1n) is 9.57. The van der Waals surface area contributed by atoms with Crippen LogP contribution in [0.3, 0.4) is 0 Å². The van der Waals surface area contributed by atoms with Crippen molar-refractivity contribution >= 4 is 21.9 Å². The summed E-state index contributed by atoms with van der Waals surface area (Å²) in [4.78, 5) is 12.8. The molecule has 0 unspecified atom stereocenters. The lowest BCUT2D eigenvalue weighted by Crippen LogP contribution is -2.20. The number of aromatic amines is 1. The van der Waals surface area contributed by atoms with Crippen LogP contribution >= 0.6 is 0 Å². The minimum atomic E-state index is 0.0201. The number of imidazole rings is 1. The Bertz CT molecular complexity index is 1110. The van der Waals surface area contributed by atoms with Crippen molar-refractivity contribution in [3.63, 3.8) is 0 Å². The van der Waals surface area contributed by atoms with Gasteiger partial charge in [0.05, 0.1) is 16.6 Å². The van der Waals surface area contributed by atoms with E-state index in [0.29, 0.717) is 0 Å². The van der Waals surface area contributed by atoms with Gasteiger partial charge in [0.1, 0.15) is 5.82 Å². The minimum Gasteiger partial charge on any atom is -0.342 e. The second-order valence-corrected chi connectivity index (χ2v) is 9.16. The van der Waals surface area contributed by atoms with Crippen LogP contribution in [0.25, 0.3) is 21.9 Å². The standard InChI is InChI=1S/C24H27N3/c1-23(2,3)22-26-19-11-8-16(13-21(19)27-22)15-24(4,5)18-10-9-17-7-6-12-25-20(17)14-18/h6-14H,15H2,1-5H3,(H,26,27). The molecule has 4 aromatic rings. The summed E-state index contributed by atoms with van der Waals surface area (Å²) in [5, 5.41) is 1.19. The third-order valence-corrected chi connectivity index (χ3v) is 5.29. The molecule has 0 amide bonds. The maximum atomic E-state index is 4.75. The molecule has 0 aliphatic rings. The van der Waals surface area contributed by atoms with Crippen LogP contribution in [-0.2, 0) is 17.3 Å². The summed E-state index contributed by atoms with van der Waals surface area (Å²) in [6.45, 7) is 11.1. The number of hydrogen-bond acceptors (Lipinski definition) is 2. The molecule has 2 aromatic heterocycles. The molecule has 0 saturated heterocycles. The fourth-order valence-electron chi connectivity index (χ4n) is 3.62. The van der Waals surface area contributed by atoms with Gasteiger partial charge in [0.2, 0.25) is 0 Å². The molecule has 0 fully saturated rings. The van der Waals surface area contributed by atoms with E-state index in [4.69, 9.17) is 4.98 Å². The lowest BCUT2D eigenvalue weighted by atomic mass is 9.79. The zero-order chi connectivity index (χ0) is 19.2. The molecule has 0 aliphatic heterocycles. The molecule has 27 heavy (non-hydrogen) atoms. The Morgan fingerprint density at radius 2 is 1.70 bits per heavy atom. The lowest BCUT2D eigenvalue weighted by molar-refractivity contribution is 0.523. The highest BCUT2D eigenvalue weighted by atomic mass is 14.9. The first-order chi connectivity index (χ1) is 12.7. The number of H-pyrrole nitrogens is 1. The van der Waals surface area contributed by atoms with Crippen LogP contribution in [0.4, 0.5) is 0 Å². The van der Waals surface area contributed by atoms with E-state index in [9.17, 15) is 0 Å². The van der Waals surface area contributed by atoms with Crippen molar-refractivity contribution in [2.45, 2.75) is 51.9 Å². The predicted molar refractivity (Wildman–Crippen MR) is 113 cm³/mol. The van der Waals surface area contributed by atoms with Crippen molar-refractivity contribution in [1.29, 1.82) is 0 Å². The van der Waals surface area contributed by atoms with Crippen molar-refractivity contribution in [3.05, 3.63) is 71.7 Å². The Kier molecular flexibility index (Phi) is 4.06. The zero-order valence-corrected chi connectivity index (χ0v) is 16.8. The summed E-state index contributed by atoms with van der Waals surface area (Å²) in [6, 6.07) is 17.3. The molecule has 0 spiro atoms. The van der Waals surface area contributed by atoms with Crippen molar-refractivity contribution in [2.75, 3.05) is 0 Å². The Balaban J connectivity index is 1.66. The highest BCUT2D eigenvalue weighted by molar-refractivity contribution is 5.79. The fourth-order valence-corrected chi connectivity index (χ4v) is 3.62. The second kappa shape index (κ2) is 6.19. The van der Waals surface area contributed by atoms with E-state index < -0.39 is 0 Å². The summed E-state index contributed by atoms with van der Waals surface area (Å²) in [7, 11) is 0. The molecule has 2 aromatic carbocycles. The van der Waals surface area contributed by atoms with E-state index >= 15 is 0 Å². The molecule has 138 valence electrons.